The zero-order valence-corrected chi connectivity index (χ0v) is 8.80. The Bertz CT molecular complexity index is 262. The highest BCUT2D eigenvalue weighted by molar-refractivity contribution is 5.80. The maximum atomic E-state index is 12.6. The molecule has 2 rings (SSSR count). The number of rotatable bonds is 1. The van der Waals surface area contributed by atoms with Crippen molar-refractivity contribution in [1.82, 2.24) is 10.2 Å². The second-order valence-electron chi connectivity index (χ2n) is 4.55. The first kappa shape index (κ1) is 10.8. The average Bonchev–Trinajstić information content (AvgIpc) is 2.14. The summed E-state index contributed by atoms with van der Waals surface area (Å²) in [6, 6.07) is 0.125. The monoisotopic (exact) mass is 218 g/mol. The molecule has 1 saturated carbocycles. The predicted molar refractivity (Wildman–Crippen MR) is 51.7 cm³/mol. The SMILES string of the molecule is CC1CNCCN1C(=O)C1CC(F)(F)C1. The van der Waals surface area contributed by atoms with Crippen molar-refractivity contribution in [3.63, 3.8) is 0 Å². The summed E-state index contributed by atoms with van der Waals surface area (Å²) >= 11 is 0. The van der Waals surface area contributed by atoms with Gasteiger partial charge in [0.25, 0.3) is 0 Å². The molecule has 5 heteroatoms. The van der Waals surface area contributed by atoms with Gasteiger partial charge in [-0.1, -0.05) is 0 Å². The molecule has 1 aliphatic heterocycles. The zero-order chi connectivity index (χ0) is 11.1. The highest BCUT2D eigenvalue weighted by Crippen LogP contribution is 2.43. The number of carbonyl (C=O) groups is 1. The second-order valence-corrected chi connectivity index (χ2v) is 4.55. The van der Waals surface area contributed by atoms with E-state index in [9.17, 15) is 13.6 Å². The highest BCUT2D eigenvalue weighted by Gasteiger charge is 2.50. The fraction of sp³-hybridized carbons (Fsp3) is 0.900. The third kappa shape index (κ3) is 2.12. The smallest absolute Gasteiger partial charge is 0.249 e. The van der Waals surface area contributed by atoms with Gasteiger partial charge in [0.15, 0.2) is 0 Å². The quantitative estimate of drug-likeness (QED) is 0.707. The van der Waals surface area contributed by atoms with Crippen LogP contribution in [0.4, 0.5) is 8.78 Å². The number of halogens is 2. The van der Waals surface area contributed by atoms with Gasteiger partial charge >= 0.3 is 0 Å². The number of alkyl halides is 2. The van der Waals surface area contributed by atoms with Crippen molar-refractivity contribution in [2.24, 2.45) is 5.92 Å². The molecule has 1 heterocycles. The molecule has 1 N–H and O–H groups in total. The lowest BCUT2D eigenvalue weighted by Gasteiger charge is -2.41. The van der Waals surface area contributed by atoms with Crippen LogP contribution in [-0.2, 0) is 4.79 Å². The molecule has 86 valence electrons. The summed E-state index contributed by atoms with van der Waals surface area (Å²) in [5, 5.41) is 3.17. The molecule has 0 radical (unpaired) electrons. The summed E-state index contributed by atoms with van der Waals surface area (Å²) in [5.41, 5.74) is 0. The Morgan fingerprint density at radius 3 is 2.67 bits per heavy atom. The molecular weight excluding hydrogens is 202 g/mol. The maximum Gasteiger partial charge on any atom is 0.249 e. The van der Waals surface area contributed by atoms with Gasteiger partial charge in [-0.25, -0.2) is 8.78 Å². The molecule has 0 aromatic carbocycles. The van der Waals surface area contributed by atoms with E-state index in [0.29, 0.717) is 6.54 Å². The molecule has 3 nitrogen and oxygen atoms in total. The molecule has 0 aromatic rings. The summed E-state index contributed by atoms with van der Waals surface area (Å²) in [5.74, 6) is -3.13. The largest absolute Gasteiger partial charge is 0.337 e. The first-order valence-corrected chi connectivity index (χ1v) is 5.39. The zero-order valence-electron chi connectivity index (χ0n) is 8.80. The Labute approximate surface area is 87.8 Å². The summed E-state index contributed by atoms with van der Waals surface area (Å²) in [6.45, 7) is 4.11. The van der Waals surface area contributed by atoms with Crippen LogP contribution < -0.4 is 5.32 Å². The van der Waals surface area contributed by atoms with Crippen LogP contribution in [0.15, 0.2) is 0 Å². The number of carbonyl (C=O) groups excluding carboxylic acids is 1. The van der Waals surface area contributed by atoms with Crippen molar-refractivity contribution < 1.29 is 13.6 Å². The molecular formula is C10H16F2N2O. The van der Waals surface area contributed by atoms with Gasteiger partial charge in [-0.15, -0.1) is 0 Å². The number of nitrogens with zero attached hydrogens (tertiary/aromatic N) is 1. The van der Waals surface area contributed by atoms with Gasteiger partial charge in [0.2, 0.25) is 11.8 Å². The van der Waals surface area contributed by atoms with Gasteiger partial charge in [-0.05, 0) is 6.92 Å². The minimum atomic E-state index is -2.60. The molecule has 1 atom stereocenters. The Morgan fingerprint density at radius 1 is 1.47 bits per heavy atom. The van der Waals surface area contributed by atoms with E-state index in [2.05, 4.69) is 5.32 Å². The number of hydrogen-bond donors (Lipinski definition) is 1. The van der Waals surface area contributed by atoms with Crippen molar-refractivity contribution >= 4 is 5.91 Å². The maximum absolute atomic E-state index is 12.6. The standard InChI is InChI=1S/C10H16F2N2O/c1-7-6-13-2-3-14(7)9(15)8-4-10(11,12)5-8/h7-8,13H,2-6H2,1H3. The van der Waals surface area contributed by atoms with E-state index in [1.807, 2.05) is 6.92 Å². The van der Waals surface area contributed by atoms with Gasteiger partial charge in [0.1, 0.15) is 0 Å². The van der Waals surface area contributed by atoms with Gasteiger partial charge in [-0.2, -0.15) is 0 Å². The van der Waals surface area contributed by atoms with E-state index in [0.717, 1.165) is 13.1 Å². The fourth-order valence-corrected chi connectivity index (χ4v) is 2.24. The molecule has 1 saturated heterocycles. The molecule has 1 aliphatic carbocycles. The van der Waals surface area contributed by atoms with E-state index in [4.69, 9.17) is 0 Å². The Morgan fingerprint density at radius 2 is 2.13 bits per heavy atom. The molecule has 2 aliphatic rings. The van der Waals surface area contributed by atoms with Crippen LogP contribution in [0.5, 0.6) is 0 Å². The Hall–Kier alpha value is -0.710. The minimum Gasteiger partial charge on any atom is -0.337 e. The lowest BCUT2D eigenvalue weighted by Crippen LogP contribution is -2.56. The normalized spacial score (nSPS) is 31.1. The van der Waals surface area contributed by atoms with Crippen molar-refractivity contribution in [1.29, 1.82) is 0 Å². The summed E-state index contributed by atoms with van der Waals surface area (Å²) < 4.78 is 25.3. The summed E-state index contributed by atoms with van der Waals surface area (Å²) in [4.78, 5) is 13.6. The molecule has 1 unspecified atom stereocenters. The molecule has 0 aromatic heterocycles. The van der Waals surface area contributed by atoms with Crippen LogP contribution in [0, 0.1) is 5.92 Å². The topological polar surface area (TPSA) is 32.3 Å². The number of piperazine rings is 1. The molecule has 15 heavy (non-hydrogen) atoms. The van der Waals surface area contributed by atoms with Crippen molar-refractivity contribution in [2.45, 2.75) is 31.7 Å². The van der Waals surface area contributed by atoms with Gasteiger partial charge < -0.3 is 10.2 Å². The number of hydrogen-bond acceptors (Lipinski definition) is 2. The van der Waals surface area contributed by atoms with Gasteiger partial charge in [-0.3, -0.25) is 4.79 Å². The molecule has 0 spiro atoms. The van der Waals surface area contributed by atoms with Crippen LogP contribution in [0.25, 0.3) is 0 Å². The van der Waals surface area contributed by atoms with Crippen LogP contribution in [-0.4, -0.2) is 42.4 Å². The molecule has 2 fully saturated rings. The van der Waals surface area contributed by atoms with Crippen LogP contribution in [0.3, 0.4) is 0 Å². The summed E-state index contributed by atoms with van der Waals surface area (Å²) in [7, 11) is 0. The van der Waals surface area contributed by atoms with Crippen LogP contribution in [0.2, 0.25) is 0 Å². The van der Waals surface area contributed by atoms with E-state index in [-0.39, 0.29) is 24.8 Å². The number of amides is 1. The Balaban J connectivity index is 1.91. The van der Waals surface area contributed by atoms with E-state index in [1.165, 1.54) is 0 Å². The van der Waals surface area contributed by atoms with E-state index in [1.54, 1.807) is 4.90 Å². The van der Waals surface area contributed by atoms with Crippen molar-refractivity contribution in [3.8, 4) is 0 Å². The van der Waals surface area contributed by atoms with Gasteiger partial charge in [0.05, 0.1) is 0 Å². The van der Waals surface area contributed by atoms with Gasteiger partial charge in [0, 0.05) is 44.4 Å². The molecule has 1 amide bonds. The number of nitrogens with one attached hydrogen (secondary N) is 1. The fourth-order valence-electron chi connectivity index (χ4n) is 2.24. The van der Waals surface area contributed by atoms with Crippen molar-refractivity contribution in [3.05, 3.63) is 0 Å². The lowest BCUT2D eigenvalue weighted by atomic mass is 9.80. The van der Waals surface area contributed by atoms with Crippen LogP contribution in [0.1, 0.15) is 19.8 Å². The second kappa shape index (κ2) is 3.70. The third-order valence-electron chi connectivity index (χ3n) is 3.22. The van der Waals surface area contributed by atoms with Crippen LogP contribution >= 0.6 is 0 Å². The first-order chi connectivity index (χ1) is 6.99. The summed E-state index contributed by atoms with van der Waals surface area (Å²) in [6.07, 6.45) is -0.523. The minimum absolute atomic E-state index is 0.0880. The average molecular weight is 218 g/mol. The lowest BCUT2D eigenvalue weighted by molar-refractivity contribution is -0.162. The van der Waals surface area contributed by atoms with E-state index < -0.39 is 11.8 Å². The predicted octanol–water partition coefficient (Wildman–Crippen LogP) is 0.852. The molecule has 0 bridgehead atoms. The first-order valence-electron chi connectivity index (χ1n) is 5.39. The highest BCUT2D eigenvalue weighted by atomic mass is 19.3. The van der Waals surface area contributed by atoms with Crippen molar-refractivity contribution in [2.75, 3.05) is 19.6 Å². The third-order valence-corrected chi connectivity index (χ3v) is 3.22. The Kier molecular flexibility index (Phi) is 2.66. The van der Waals surface area contributed by atoms with E-state index >= 15 is 0 Å².